The van der Waals surface area contributed by atoms with Crippen LogP contribution in [0.25, 0.3) is 0 Å². The molecule has 0 aromatic heterocycles. The lowest BCUT2D eigenvalue weighted by Gasteiger charge is -2.26. The fraction of sp³-hybridized carbons (Fsp3) is 0.909. The van der Waals surface area contributed by atoms with Crippen molar-refractivity contribution in [2.45, 2.75) is 12.5 Å². The molecule has 3 N–H and O–H groups in total. The topological polar surface area (TPSA) is 102 Å². The highest BCUT2D eigenvalue weighted by Gasteiger charge is 2.16. The Bertz CT molecular complexity index is 379. The molecule has 1 aliphatic heterocycles. The van der Waals surface area contributed by atoms with Crippen molar-refractivity contribution >= 4 is 15.7 Å². The number of sulfone groups is 1. The van der Waals surface area contributed by atoms with Gasteiger partial charge in [0.05, 0.1) is 25.0 Å². The second-order valence-electron chi connectivity index (χ2n) is 4.77. The fourth-order valence-corrected chi connectivity index (χ4v) is 2.45. The standard InChI is InChI=1S/C11H23N3O4S/c1-19(16,17)9-2-10(12)11(15)13-3-4-14-5-7-18-8-6-14/h10H,2-9,12H2,1H3,(H,13,15). The van der Waals surface area contributed by atoms with Crippen molar-refractivity contribution in [1.29, 1.82) is 0 Å². The predicted molar refractivity (Wildman–Crippen MR) is 72.6 cm³/mol. The molecule has 112 valence electrons. The van der Waals surface area contributed by atoms with Gasteiger partial charge in [-0.15, -0.1) is 0 Å². The van der Waals surface area contributed by atoms with Gasteiger partial charge in [-0.05, 0) is 6.42 Å². The number of carbonyl (C=O) groups excluding carboxylic acids is 1. The number of nitrogens with one attached hydrogen (secondary N) is 1. The summed E-state index contributed by atoms with van der Waals surface area (Å²) in [6.45, 7) is 4.47. The number of ether oxygens (including phenoxy) is 1. The number of nitrogens with zero attached hydrogens (tertiary/aromatic N) is 1. The summed E-state index contributed by atoms with van der Waals surface area (Å²) in [6.07, 6.45) is 1.29. The minimum atomic E-state index is -3.07. The van der Waals surface area contributed by atoms with Gasteiger partial charge in [-0.25, -0.2) is 8.42 Å². The third kappa shape index (κ3) is 7.46. The van der Waals surface area contributed by atoms with Crippen LogP contribution in [-0.2, 0) is 19.4 Å². The molecule has 8 heteroatoms. The molecule has 0 spiro atoms. The highest BCUT2D eigenvalue weighted by Crippen LogP contribution is 1.96. The molecule has 1 saturated heterocycles. The van der Waals surface area contributed by atoms with E-state index in [4.69, 9.17) is 10.5 Å². The van der Waals surface area contributed by atoms with Crippen molar-refractivity contribution in [1.82, 2.24) is 10.2 Å². The van der Waals surface area contributed by atoms with E-state index < -0.39 is 15.9 Å². The first-order valence-electron chi connectivity index (χ1n) is 6.39. The smallest absolute Gasteiger partial charge is 0.236 e. The minimum Gasteiger partial charge on any atom is -0.379 e. The summed E-state index contributed by atoms with van der Waals surface area (Å²) in [5.41, 5.74) is 5.63. The zero-order valence-corrected chi connectivity index (χ0v) is 12.1. The summed E-state index contributed by atoms with van der Waals surface area (Å²) in [6, 6.07) is -0.764. The van der Waals surface area contributed by atoms with Gasteiger partial charge >= 0.3 is 0 Å². The van der Waals surface area contributed by atoms with Gasteiger partial charge in [0.25, 0.3) is 0 Å². The Morgan fingerprint density at radius 2 is 2.05 bits per heavy atom. The second kappa shape index (κ2) is 7.78. The van der Waals surface area contributed by atoms with Crippen LogP contribution in [0.3, 0.4) is 0 Å². The first-order valence-corrected chi connectivity index (χ1v) is 8.45. The lowest BCUT2D eigenvalue weighted by atomic mass is 10.2. The van der Waals surface area contributed by atoms with Gasteiger partial charge in [0.2, 0.25) is 5.91 Å². The summed E-state index contributed by atoms with van der Waals surface area (Å²) >= 11 is 0. The zero-order chi connectivity index (χ0) is 14.3. The van der Waals surface area contributed by atoms with Gasteiger partial charge in [-0.3, -0.25) is 9.69 Å². The molecule has 0 bridgehead atoms. The zero-order valence-electron chi connectivity index (χ0n) is 11.3. The van der Waals surface area contributed by atoms with E-state index in [-0.39, 0.29) is 18.1 Å². The monoisotopic (exact) mass is 293 g/mol. The van der Waals surface area contributed by atoms with Gasteiger partial charge in [0, 0.05) is 32.4 Å². The summed E-state index contributed by atoms with van der Waals surface area (Å²) in [5, 5.41) is 2.72. The predicted octanol–water partition coefficient (Wildman–Crippen LogP) is -1.80. The van der Waals surface area contributed by atoms with Crippen molar-refractivity contribution in [2.75, 3.05) is 51.4 Å². The molecule has 1 rings (SSSR count). The average molecular weight is 293 g/mol. The molecule has 0 aromatic carbocycles. The first-order chi connectivity index (χ1) is 8.88. The quantitative estimate of drug-likeness (QED) is 0.574. The Labute approximate surface area is 114 Å². The Kier molecular flexibility index (Phi) is 6.70. The van der Waals surface area contributed by atoms with Gasteiger partial charge in [0.15, 0.2) is 0 Å². The Morgan fingerprint density at radius 3 is 2.63 bits per heavy atom. The lowest BCUT2D eigenvalue weighted by Crippen LogP contribution is -2.46. The van der Waals surface area contributed by atoms with Gasteiger partial charge in [0.1, 0.15) is 9.84 Å². The normalized spacial score (nSPS) is 19.1. The molecule has 0 radical (unpaired) electrons. The molecule has 1 aliphatic rings. The SMILES string of the molecule is CS(=O)(=O)CCC(N)C(=O)NCCN1CCOCC1. The maximum atomic E-state index is 11.6. The molecule has 1 atom stereocenters. The van der Waals surface area contributed by atoms with Crippen LogP contribution in [0, 0.1) is 0 Å². The van der Waals surface area contributed by atoms with E-state index in [2.05, 4.69) is 10.2 Å². The van der Waals surface area contributed by atoms with E-state index in [1.54, 1.807) is 0 Å². The highest BCUT2D eigenvalue weighted by atomic mass is 32.2. The lowest BCUT2D eigenvalue weighted by molar-refractivity contribution is -0.122. The highest BCUT2D eigenvalue weighted by molar-refractivity contribution is 7.90. The van der Waals surface area contributed by atoms with E-state index >= 15 is 0 Å². The first kappa shape index (κ1) is 16.4. The molecule has 7 nitrogen and oxygen atoms in total. The number of hydrogen-bond acceptors (Lipinski definition) is 6. The van der Waals surface area contributed by atoms with Crippen LogP contribution in [0.4, 0.5) is 0 Å². The van der Waals surface area contributed by atoms with Crippen molar-refractivity contribution in [3.05, 3.63) is 0 Å². The number of carbonyl (C=O) groups is 1. The minimum absolute atomic E-state index is 0.0644. The number of nitrogens with two attached hydrogens (primary N) is 1. The van der Waals surface area contributed by atoms with Gasteiger partial charge in [-0.2, -0.15) is 0 Å². The third-order valence-electron chi connectivity index (χ3n) is 2.97. The van der Waals surface area contributed by atoms with Crippen LogP contribution in [0.2, 0.25) is 0 Å². The summed E-state index contributed by atoms with van der Waals surface area (Å²) in [7, 11) is -3.07. The van der Waals surface area contributed by atoms with E-state index in [0.717, 1.165) is 39.1 Å². The molecule has 1 unspecified atom stereocenters. The van der Waals surface area contributed by atoms with Crippen LogP contribution >= 0.6 is 0 Å². The molecule has 1 heterocycles. The van der Waals surface area contributed by atoms with E-state index in [0.29, 0.717) is 6.54 Å². The summed E-state index contributed by atoms with van der Waals surface area (Å²) in [4.78, 5) is 13.8. The number of amides is 1. The fourth-order valence-electron chi connectivity index (χ4n) is 1.77. The Morgan fingerprint density at radius 1 is 1.42 bits per heavy atom. The molecule has 0 saturated carbocycles. The average Bonchev–Trinajstić information content (AvgIpc) is 2.36. The summed E-state index contributed by atoms with van der Waals surface area (Å²) < 4.78 is 27.2. The maximum Gasteiger partial charge on any atom is 0.236 e. The maximum absolute atomic E-state index is 11.6. The van der Waals surface area contributed by atoms with Gasteiger partial charge < -0.3 is 15.8 Å². The molecule has 1 amide bonds. The van der Waals surface area contributed by atoms with E-state index in [1.165, 1.54) is 0 Å². The molecule has 19 heavy (non-hydrogen) atoms. The molecule has 0 aromatic rings. The van der Waals surface area contributed by atoms with Crippen LogP contribution in [0.5, 0.6) is 0 Å². The van der Waals surface area contributed by atoms with Crippen molar-refractivity contribution in [3.63, 3.8) is 0 Å². The largest absolute Gasteiger partial charge is 0.379 e. The molecular formula is C11H23N3O4S. The number of rotatable bonds is 7. The van der Waals surface area contributed by atoms with Gasteiger partial charge in [-0.1, -0.05) is 0 Å². The molecule has 1 fully saturated rings. The van der Waals surface area contributed by atoms with Crippen LogP contribution in [0.1, 0.15) is 6.42 Å². The van der Waals surface area contributed by atoms with Crippen molar-refractivity contribution < 1.29 is 17.9 Å². The molecular weight excluding hydrogens is 270 g/mol. The van der Waals surface area contributed by atoms with Crippen LogP contribution < -0.4 is 11.1 Å². The summed E-state index contributed by atoms with van der Waals surface area (Å²) in [5.74, 6) is -0.359. The van der Waals surface area contributed by atoms with E-state index in [9.17, 15) is 13.2 Å². The third-order valence-corrected chi connectivity index (χ3v) is 3.94. The second-order valence-corrected chi connectivity index (χ2v) is 7.03. The Balaban J connectivity index is 2.15. The number of hydrogen-bond donors (Lipinski definition) is 2. The number of morpholine rings is 1. The Hall–Kier alpha value is -0.700. The molecule has 0 aliphatic carbocycles. The van der Waals surface area contributed by atoms with Crippen LogP contribution in [-0.4, -0.2) is 76.7 Å². The van der Waals surface area contributed by atoms with Crippen LogP contribution in [0.15, 0.2) is 0 Å². The van der Waals surface area contributed by atoms with Crippen molar-refractivity contribution in [2.24, 2.45) is 5.73 Å². The van der Waals surface area contributed by atoms with Crippen molar-refractivity contribution in [3.8, 4) is 0 Å². The van der Waals surface area contributed by atoms with E-state index in [1.807, 2.05) is 0 Å².